The summed E-state index contributed by atoms with van der Waals surface area (Å²) in [5, 5.41) is 0. The van der Waals surface area contributed by atoms with E-state index in [2.05, 4.69) is 32.9 Å². The van der Waals surface area contributed by atoms with Gasteiger partial charge in [-0.25, -0.2) is 0 Å². The van der Waals surface area contributed by atoms with Gasteiger partial charge in [-0.2, -0.15) is 0 Å². The van der Waals surface area contributed by atoms with E-state index in [4.69, 9.17) is 4.74 Å². The number of unbranched alkanes of at least 4 members (excludes halogenated alkanes) is 2. The number of ether oxygens (including phenoxy) is 1. The van der Waals surface area contributed by atoms with Gasteiger partial charge in [-0.15, -0.1) is 0 Å². The highest BCUT2D eigenvalue weighted by Gasteiger charge is 2.13. The number of hydrogen-bond acceptors (Lipinski definition) is 1. The lowest BCUT2D eigenvalue weighted by Gasteiger charge is -2.13. The Morgan fingerprint density at radius 3 is 2.50 bits per heavy atom. The van der Waals surface area contributed by atoms with Gasteiger partial charge in [0.2, 0.25) is 0 Å². The first-order chi connectivity index (χ1) is 9.66. The fourth-order valence-electron chi connectivity index (χ4n) is 3.11. The summed E-state index contributed by atoms with van der Waals surface area (Å²) in [6, 6.07) is 4.39. The van der Waals surface area contributed by atoms with Crippen molar-refractivity contribution in [2.24, 2.45) is 0 Å². The molecule has 1 N–H and O–H groups in total. The minimum Gasteiger partial charge on any atom is -0.493 e. The van der Waals surface area contributed by atoms with Crippen LogP contribution in [0, 0.1) is 20.8 Å². The molecule has 0 atom stereocenters. The maximum Gasteiger partial charge on any atom is 0.122 e. The highest BCUT2D eigenvalue weighted by molar-refractivity contribution is 5.41. The molecule has 1 heterocycles. The van der Waals surface area contributed by atoms with Crippen LogP contribution in [0.3, 0.4) is 0 Å². The van der Waals surface area contributed by atoms with Crippen LogP contribution in [0.4, 0.5) is 0 Å². The van der Waals surface area contributed by atoms with Crippen molar-refractivity contribution >= 4 is 0 Å². The number of rotatable bonds is 7. The third-order valence-corrected chi connectivity index (χ3v) is 4.51. The summed E-state index contributed by atoms with van der Waals surface area (Å²) < 4.78 is 5.96. The SMILES string of the molecule is Cc1cc(C)c(C)c(OCCCCC[NH+]2CCCC2)c1. The number of nitrogens with one attached hydrogen (secondary N) is 1. The van der Waals surface area contributed by atoms with Crippen LogP contribution in [-0.2, 0) is 0 Å². The van der Waals surface area contributed by atoms with E-state index in [1.165, 1.54) is 68.4 Å². The summed E-state index contributed by atoms with van der Waals surface area (Å²) in [4.78, 5) is 1.82. The minimum absolute atomic E-state index is 0.860. The molecule has 0 aromatic heterocycles. The zero-order valence-electron chi connectivity index (χ0n) is 13.4. The van der Waals surface area contributed by atoms with Crippen molar-refractivity contribution in [2.75, 3.05) is 26.2 Å². The van der Waals surface area contributed by atoms with Gasteiger partial charge in [-0.3, -0.25) is 0 Å². The highest BCUT2D eigenvalue weighted by Crippen LogP contribution is 2.23. The Bertz CT molecular complexity index is 422. The number of hydrogen-bond donors (Lipinski definition) is 1. The molecule has 1 fully saturated rings. The molecule has 1 saturated heterocycles. The van der Waals surface area contributed by atoms with Crippen LogP contribution in [0.15, 0.2) is 12.1 Å². The topological polar surface area (TPSA) is 13.7 Å². The Morgan fingerprint density at radius 2 is 1.75 bits per heavy atom. The third-order valence-electron chi connectivity index (χ3n) is 4.51. The molecule has 0 radical (unpaired) electrons. The predicted octanol–water partition coefficient (Wildman–Crippen LogP) is 2.84. The Kier molecular flexibility index (Phi) is 5.90. The molecule has 1 aliphatic heterocycles. The van der Waals surface area contributed by atoms with Crippen molar-refractivity contribution in [1.29, 1.82) is 0 Å². The van der Waals surface area contributed by atoms with E-state index in [-0.39, 0.29) is 0 Å². The smallest absolute Gasteiger partial charge is 0.122 e. The van der Waals surface area contributed by atoms with Gasteiger partial charge in [0, 0.05) is 12.8 Å². The Balaban J connectivity index is 1.63. The summed E-state index contributed by atoms with van der Waals surface area (Å²) in [7, 11) is 0. The van der Waals surface area contributed by atoms with E-state index in [1.807, 2.05) is 4.90 Å². The Morgan fingerprint density at radius 1 is 1.00 bits per heavy atom. The molecule has 2 rings (SSSR count). The summed E-state index contributed by atoms with van der Waals surface area (Å²) >= 11 is 0. The predicted molar refractivity (Wildman–Crippen MR) is 84.8 cm³/mol. The van der Waals surface area contributed by atoms with Crippen LogP contribution in [0.25, 0.3) is 0 Å². The molecule has 112 valence electrons. The summed E-state index contributed by atoms with van der Waals surface area (Å²) in [5.41, 5.74) is 3.91. The molecule has 0 bridgehead atoms. The summed E-state index contributed by atoms with van der Waals surface area (Å²) in [6.07, 6.45) is 6.70. The molecular weight excluding hydrogens is 246 g/mol. The van der Waals surface area contributed by atoms with Gasteiger partial charge < -0.3 is 9.64 Å². The molecule has 0 aliphatic carbocycles. The van der Waals surface area contributed by atoms with Gasteiger partial charge in [0.15, 0.2) is 0 Å². The number of aryl methyl sites for hydroxylation is 2. The zero-order valence-corrected chi connectivity index (χ0v) is 13.4. The van der Waals surface area contributed by atoms with Gasteiger partial charge in [0.05, 0.1) is 26.2 Å². The standard InChI is InChI=1S/C18H29NO/c1-15-13-16(2)17(3)18(14-15)20-12-8-4-5-9-19-10-6-7-11-19/h13-14H,4-12H2,1-3H3/p+1. The third kappa shape index (κ3) is 4.52. The van der Waals surface area contributed by atoms with Crippen molar-refractivity contribution < 1.29 is 9.64 Å². The minimum atomic E-state index is 0.860. The molecular formula is C18H30NO+. The number of likely N-dealkylation sites (tertiary alicyclic amines) is 1. The maximum absolute atomic E-state index is 5.96. The normalized spacial score (nSPS) is 15.8. The van der Waals surface area contributed by atoms with Crippen LogP contribution >= 0.6 is 0 Å². The van der Waals surface area contributed by atoms with Crippen molar-refractivity contribution in [3.8, 4) is 5.75 Å². The van der Waals surface area contributed by atoms with Crippen molar-refractivity contribution in [2.45, 2.75) is 52.9 Å². The molecule has 1 aliphatic rings. The average Bonchev–Trinajstić information content (AvgIpc) is 2.92. The molecule has 0 spiro atoms. The summed E-state index contributed by atoms with van der Waals surface area (Å²) in [5.74, 6) is 1.08. The molecule has 0 amide bonds. The van der Waals surface area contributed by atoms with Gasteiger partial charge in [0.1, 0.15) is 5.75 Å². The largest absolute Gasteiger partial charge is 0.493 e. The van der Waals surface area contributed by atoms with E-state index in [0.717, 1.165) is 12.4 Å². The van der Waals surface area contributed by atoms with Gasteiger partial charge >= 0.3 is 0 Å². The molecule has 1 aromatic rings. The van der Waals surface area contributed by atoms with Crippen molar-refractivity contribution in [1.82, 2.24) is 0 Å². The van der Waals surface area contributed by atoms with Crippen LogP contribution in [0.1, 0.15) is 48.8 Å². The number of quaternary nitrogens is 1. The quantitative estimate of drug-likeness (QED) is 0.756. The van der Waals surface area contributed by atoms with Crippen LogP contribution in [0.2, 0.25) is 0 Å². The Labute approximate surface area is 124 Å². The first-order valence-corrected chi connectivity index (χ1v) is 8.21. The lowest BCUT2D eigenvalue weighted by Crippen LogP contribution is -3.09. The lowest BCUT2D eigenvalue weighted by molar-refractivity contribution is -0.887. The van der Waals surface area contributed by atoms with Crippen molar-refractivity contribution in [3.05, 3.63) is 28.8 Å². The van der Waals surface area contributed by atoms with Crippen LogP contribution < -0.4 is 9.64 Å². The molecule has 0 saturated carbocycles. The van der Waals surface area contributed by atoms with E-state index >= 15 is 0 Å². The molecule has 0 unspecified atom stereocenters. The first kappa shape index (κ1) is 15.4. The molecule has 2 nitrogen and oxygen atoms in total. The second-order valence-corrected chi connectivity index (χ2v) is 6.32. The molecule has 20 heavy (non-hydrogen) atoms. The van der Waals surface area contributed by atoms with Crippen LogP contribution in [-0.4, -0.2) is 26.2 Å². The van der Waals surface area contributed by atoms with Crippen molar-refractivity contribution in [3.63, 3.8) is 0 Å². The lowest BCUT2D eigenvalue weighted by atomic mass is 10.1. The van der Waals surface area contributed by atoms with Crippen LogP contribution in [0.5, 0.6) is 5.75 Å². The van der Waals surface area contributed by atoms with E-state index in [1.54, 1.807) is 0 Å². The number of benzene rings is 1. The van der Waals surface area contributed by atoms with E-state index in [0.29, 0.717) is 0 Å². The Hall–Kier alpha value is -1.02. The zero-order chi connectivity index (χ0) is 14.4. The average molecular weight is 276 g/mol. The highest BCUT2D eigenvalue weighted by atomic mass is 16.5. The van der Waals surface area contributed by atoms with Gasteiger partial charge in [-0.1, -0.05) is 6.07 Å². The second kappa shape index (κ2) is 7.68. The maximum atomic E-state index is 5.96. The molecule has 2 heteroatoms. The second-order valence-electron chi connectivity index (χ2n) is 6.32. The fourth-order valence-corrected chi connectivity index (χ4v) is 3.11. The van der Waals surface area contributed by atoms with Gasteiger partial charge in [0.25, 0.3) is 0 Å². The monoisotopic (exact) mass is 276 g/mol. The fraction of sp³-hybridized carbons (Fsp3) is 0.667. The first-order valence-electron chi connectivity index (χ1n) is 8.21. The summed E-state index contributed by atoms with van der Waals surface area (Å²) in [6.45, 7) is 11.5. The van der Waals surface area contributed by atoms with E-state index < -0.39 is 0 Å². The van der Waals surface area contributed by atoms with Gasteiger partial charge in [-0.05, 0) is 62.8 Å². The van der Waals surface area contributed by atoms with E-state index in [9.17, 15) is 0 Å². The molecule has 1 aromatic carbocycles.